The lowest BCUT2D eigenvalue weighted by molar-refractivity contribution is -0.192. The minimum atomic E-state index is -5.08. The molecule has 4 rings (SSSR count). The number of carboxylic acids is 1. The Kier molecular flexibility index (Phi) is 6.12. The smallest absolute Gasteiger partial charge is 0.475 e. The van der Waals surface area contributed by atoms with Gasteiger partial charge in [0, 0.05) is 30.1 Å². The Labute approximate surface area is 175 Å². The molecule has 0 saturated heterocycles. The van der Waals surface area contributed by atoms with Crippen LogP contribution in [0, 0.1) is 13.8 Å². The molecule has 0 radical (unpaired) electrons. The van der Waals surface area contributed by atoms with Gasteiger partial charge in [0.25, 0.3) is 0 Å². The summed E-state index contributed by atoms with van der Waals surface area (Å²) in [4.78, 5) is 26.1. The average Bonchev–Trinajstić information content (AvgIpc) is 3.39. The Morgan fingerprint density at radius 2 is 2.00 bits per heavy atom. The SMILES string of the molecule is Cc1nc(CCc2nc(-c3c(Cl)nc4sccn34)no2)[nH]c1C.O=C(O)C(F)(F)F. The maximum absolute atomic E-state index is 10.6. The second-order valence-corrected chi connectivity index (χ2v) is 7.25. The monoisotopic (exact) mass is 462 g/mol. The molecular formula is C16H14ClF3N6O3S. The van der Waals surface area contributed by atoms with Crippen molar-refractivity contribution in [2.75, 3.05) is 0 Å². The average molecular weight is 463 g/mol. The number of aromatic nitrogens is 6. The summed E-state index contributed by atoms with van der Waals surface area (Å²) in [5, 5.41) is 13.5. The number of rotatable bonds is 4. The molecule has 0 spiro atoms. The van der Waals surface area contributed by atoms with E-state index in [9.17, 15) is 13.2 Å². The summed E-state index contributed by atoms with van der Waals surface area (Å²) in [6.07, 6.45) is -1.87. The number of aliphatic carboxylic acids is 1. The zero-order valence-electron chi connectivity index (χ0n) is 15.5. The molecular weight excluding hydrogens is 449 g/mol. The first-order valence-electron chi connectivity index (χ1n) is 8.32. The summed E-state index contributed by atoms with van der Waals surface area (Å²) in [6, 6.07) is 0. The molecule has 0 aliphatic heterocycles. The number of alkyl halides is 3. The van der Waals surface area contributed by atoms with E-state index in [1.807, 2.05) is 29.8 Å². The van der Waals surface area contributed by atoms with Crippen LogP contribution in [0.4, 0.5) is 13.2 Å². The minimum absolute atomic E-state index is 0.376. The van der Waals surface area contributed by atoms with Gasteiger partial charge in [0.05, 0.1) is 5.69 Å². The van der Waals surface area contributed by atoms with Gasteiger partial charge in [-0.25, -0.2) is 14.8 Å². The summed E-state index contributed by atoms with van der Waals surface area (Å²) in [6.45, 7) is 3.98. The fraction of sp³-hybridized carbons (Fsp3) is 0.312. The van der Waals surface area contributed by atoms with Crippen molar-refractivity contribution in [2.45, 2.75) is 32.9 Å². The number of hydrogen-bond acceptors (Lipinski definition) is 7. The fourth-order valence-electron chi connectivity index (χ4n) is 2.38. The molecule has 4 aromatic rings. The summed E-state index contributed by atoms with van der Waals surface area (Å²) >= 11 is 7.69. The number of fused-ring (bicyclic) bond motifs is 1. The topological polar surface area (TPSA) is 122 Å². The van der Waals surface area contributed by atoms with Crippen LogP contribution in [0.1, 0.15) is 23.1 Å². The summed E-state index contributed by atoms with van der Waals surface area (Å²) in [5.41, 5.74) is 2.75. The van der Waals surface area contributed by atoms with E-state index >= 15 is 0 Å². The van der Waals surface area contributed by atoms with Crippen LogP contribution in [-0.2, 0) is 17.6 Å². The lowest BCUT2D eigenvalue weighted by Gasteiger charge is -1.93. The molecule has 4 aromatic heterocycles. The minimum Gasteiger partial charge on any atom is -0.475 e. The predicted molar refractivity (Wildman–Crippen MR) is 101 cm³/mol. The van der Waals surface area contributed by atoms with Crippen molar-refractivity contribution >= 4 is 33.9 Å². The quantitative estimate of drug-likeness (QED) is 0.472. The molecule has 30 heavy (non-hydrogen) atoms. The number of H-pyrrole nitrogens is 1. The number of nitrogens with zero attached hydrogens (tertiary/aromatic N) is 5. The molecule has 0 atom stereocenters. The molecule has 0 saturated carbocycles. The van der Waals surface area contributed by atoms with Gasteiger partial charge in [-0.2, -0.15) is 18.2 Å². The van der Waals surface area contributed by atoms with Gasteiger partial charge >= 0.3 is 12.1 Å². The molecule has 0 unspecified atom stereocenters. The van der Waals surface area contributed by atoms with Crippen LogP contribution in [-0.4, -0.2) is 46.7 Å². The van der Waals surface area contributed by atoms with Crippen molar-refractivity contribution in [2.24, 2.45) is 0 Å². The van der Waals surface area contributed by atoms with Crippen molar-refractivity contribution < 1.29 is 27.6 Å². The van der Waals surface area contributed by atoms with Crippen molar-refractivity contribution in [1.29, 1.82) is 0 Å². The van der Waals surface area contributed by atoms with Gasteiger partial charge in [-0.15, -0.1) is 11.3 Å². The summed E-state index contributed by atoms with van der Waals surface area (Å²) in [5.74, 6) is -0.842. The first kappa shape index (κ1) is 21.8. The number of aryl methyl sites for hydroxylation is 4. The van der Waals surface area contributed by atoms with E-state index in [0.717, 1.165) is 22.2 Å². The van der Waals surface area contributed by atoms with Gasteiger partial charge in [0.15, 0.2) is 10.1 Å². The number of nitrogens with one attached hydrogen (secondary N) is 1. The van der Waals surface area contributed by atoms with Gasteiger partial charge < -0.3 is 14.6 Å². The van der Waals surface area contributed by atoms with Crippen LogP contribution in [0.3, 0.4) is 0 Å². The highest BCUT2D eigenvalue weighted by atomic mass is 35.5. The maximum atomic E-state index is 10.6. The fourth-order valence-corrected chi connectivity index (χ4v) is 3.40. The number of aromatic amines is 1. The van der Waals surface area contributed by atoms with Crippen molar-refractivity contribution in [3.05, 3.63) is 39.8 Å². The highest BCUT2D eigenvalue weighted by Gasteiger charge is 2.38. The van der Waals surface area contributed by atoms with Crippen LogP contribution in [0.15, 0.2) is 16.1 Å². The summed E-state index contributed by atoms with van der Waals surface area (Å²) in [7, 11) is 0. The third-order valence-electron chi connectivity index (χ3n) is 3.89. The molecule has 160 valence electrons. The van der Waals surface area contributed by atoms with E-state index in [-0.39, 0.29) is 0 Å². The third-order valence-corrected chi connectivity index (χ3v) is 4.91. The van der Waals surface area contributed by atoms with E-state index < -0.39 is 12.1 Å². The van der Waals surface area contributed by atoms with E-state index in [2.05, 4.69) is 25.1 Å². The van der Waals surface area contributed by atoms with Crippen molar-refractivity contribution in [3.63, 3.8) is 0 Å². The number of thiazole rings is 1. The number of carbonyl (C=O) groups is 1. The molecule has 0 amide bonds. The Morgan fingerprint density at radius 3 is 2.60 bits per heavy atom. The van der Waals surface area contributed by atoms with Gasteiger partial charge in [0.1, 0.15) is 11.5 Å². The molecule has 0 bridgehead atoms. The molecule has 0 aromatic carbocycles. The summed E-state index contributed by atoms with van der Waals surface area (Å²) < 4.78 is 38.9. The zero-order valence-corrected chi connectivity index (χ0v) is 17.1. The molecule has 2 N–H and O–H groups in total. The Morgan fingerprint density at radius 1 is 1.30 bits per heavy atom. The number of carboxylic acid groups (broad SMARTS) is 1. The maximum Gasteiger partial charge on any atom is 0.490 e. The predicted octanol–water partition coefficient (Wildman–Crippen LogP) is 3.86. The lowest BCUT2D eigenvalue weighted by Crippen LogP contribution is -2.21. The van der Waals surface area contributed by atoms with Crippen molar-refractivity contribution in [1.82, 2.24) is 29.5 Å². The zero-order chi connectivity index (χ0) is 22.1. The van der Waals surface area contributed by atoms with Crippen LogP contribution in [0.2, 0.25) is 5.15 Å². The van der Waals surface area contributed by atoms with Gasteiger partial charge in [-0.05, 0) is 13.8 Å². The number of halogens is 4. The molecule has 0 aliphatic rings. The number of imidazole rings is 2. The van der Waals surface area contributed by atoms with E-state index in [1.54, 1.807) is 0 Å². The first-order valence-corrected chi connectivity index (χ1v) is 9.58. The van der Waals surface area contributed by atoms with Crippen LogP contribution >= 0.6 is 22.9 Å². The van der Waals surface area contributed by atoms with E-state index in [4.69, 9.17) is 26.0 Å². The van der Waals surface area contributed by atoms with Crippen LogP contribution < -0.4 is 0 Å². The highest BCUT2D eigenvalue weighted by molar-refractivity contribution is 7.15. The lowest BCUT2D eigenvalue weighted by atomic mass is 10.3. The Hall–Kier alpha value is -2.93. The highest BCUT2D eigenvalue weighted by Crippen LogP contribution is 2.28. The third kappa shape index (κ3) is 4.79. The second-order valence-electron chi connectivity index (χ2n) is 6.02. The van der Waals surface area contributed by atoms with Gasteiger partial charge in [0.2, 0.25) is 11.7 Å². The Bertz CT molecular complexity index is 1160. The molecule has 4 heterocycles. The largest absolute Gasteiger partial charge is 0.490 e. The van der Waals surface area contributed by atoms with E-state index in [1.165, 1.54) is 11.3 Å². The van der Waals surface area contributed by atoms with Crippen molar-refractivity contribution in [3.8, 4) is 11.5 Å². The van der Waals surface area contributed by atoms with Crippen LogP contribution in [0.25, 0.3) is 16.5 Å². The number of hydrogen-bond donors (Lipinski definition) is 2. The Balaban J connectivity index is 0.000000318. The second kappa shape index (κ2) is 8.44. The normalized spacial score (nSPS) is 11.5. The molecule has 0 fully saturated rings. The van der Waals surface area contributed by atoms with Crippen LogP contribution in [0.5, 0.6) is 0 Å². The molecule has 9 nitrogen and oxygen atoms in total. The van der Waals surface area contributed by atoms with E-state index in [0.29, 0.717) is 35.4 Å². The van der Waals surface area contributed by atoms with Gasteiger partial charge in [-0.3, -0.25) is 4.40 Å². The molecule has 14 heteroatoms. The van der Waals surface area contributed by atoms with Gasteiger partial charge in [-0.1, -0.05) is 16.8 Å². The first-order chi connectivity index (χ1) is 14.1. The molecule has 0 aliphatic carbocycles. The standard InChI is InChI=1S/C14H13ClN6OS.C2HF3O2/c1-7-8(2)17-9(16-7)3-4-10-18-13(20-22-10)11-12(15)19-14-21(11)5-6-23-14;3-2(4,5)1(6)7/h5-6H,3-4H2,1-2H3,(H,16,17);(H,6,7).